The number of hydrogen-bond acceptors (Lipinski definition) is 7. The van der Waals surface area contributed by atoms with Crippen LogP contribution in [0.4, 0.5) is 5.95 Å². The third-order valence-corrected chi connectivity index (χ3v) is 6.66. The number of aromatic nitrogens is 6. The molecule has 0 saturated carbocycles. The number of methoxy groups -OCH3 is 1. The van der Waals surface area contributed by atoms with Crippen LogP contribution >= 0.6 is 11.9 Å². The van der Waals surface area contributed by atoms with Crippen molar-refractivity contribution >= 4 is 17.9 Å². The van der Waals surface area contributed by atoms with Gasteiger partial charge in [0.25, 0.3) is 0 Å². The fourth-order valence-corrected chi connectivity index (χ4v) is 4.60. The molecule has 1 aromatic carbocycles. The van der Waals surface area contributed by atoms with E-state index in [-0.39, 0.29) is 6.04 Å². The molecule has 0 spiro atoms. The molecule has 4 rings (SSSR count). The van der Waals surface area contributed by atoms with Crippen molar-refractivity contribution in [3.63, 3.8) is 0 Å². The monoisotopic (exact) mass is 507 g/mol. The molecule has 3 heterocycles. The topological polar surface area (TPSA) is 82.7 Å². The number of para-hydroxylation sites is 1. The highest BCUT2D eigenvalue weighted by Crippen LogP contribution is 2.31. The van der Waals surface area contributed by atoms with Gasteiger partial charge < -0.3 is 4.74 Å². The van der Waals surface area contributed by atoms with E-state index in [1.165, 1.54) is 11.1 Å². The molecule has 0 amide bonds. The Bertz CT molecular complexity index is 1230. The van der Waals surface area contributed by atoms with Crippen LogP contribution in [0.1, 0.15) is 57.4 Å². The van der Waals surface area contributed by atoms with E-state index in [4.69, 9.17) is 4.74 Å². The lowest BCUT2D eigenvalue weighted by atomic mass is 10.0. The van der Waals surface area contributed by atoms with Gasteiger partial charge in [0, 0.05) is 18.0 Å². The van der Waals surface area contributed by atoms with E-state index >= 15 is 0 Å². The summed E-state index contributed by atoms with van der Waals surface area (Å²) >= 11 is 1.59. The van der Waals surface area contributed by atoms with Crippen LogP contribution in [0.15, 0.2) is 48.8 Å². The summed E-state index contributed by atoms with van der Waals surface area (Å²) < 4.78 is 12.9. The van der Waals surface area contributed by atoms with Crippen molar-refractivity contribution in [2.45, 2.75) is 60.4 Å². The zero-order chi connectivity index (χ0) is 26.1. The van der Waals surface area contributed by atoms with Gasteiger partial charge in [-0.15, -0.1) is 10.2 Å². The molecule has 3 aromatic heterocycles. The lowest BCUT2D eigenvalue weighted by Crippen LogP contribution is -2.12. The predicted molar refractivity (Wildman–Crippen MR) is 149 cm³/mol. The van der Waals surface area contributed by atoms with Crippen molar-refractivity contribution in [1.82, 2.24) is 29.5 Å². The molecular formula is C27H37N7OS. The third kappa shape index (κ3) is 6.07. The fourth-order valence-electron chi connectivity index (χ4n) is 3.86. The van der Waals surface area contributed by atoms with Gasteiger partial charge in [-0.05, 0) is 61.4 Å². The second-order valence-electron chi connectivity index (χ2n) is 8.14. The van der Waals surface area contributed by atoms with Gasteiger partial charge in [0.15, 0.2) is 5.82 Å². The Morgan fingerprint density at radius 1 is 1.03 bits per heavy atom. The molecule has 1 atom stereocenters. The molecule has 0 radical (unpaired) electrons. The maximum absolute atomic E-state index is 5.36. The third-order valence-electron chi connectivity index (χ3n) is 5.68. The van der Waals surface area contributed by atoms with Gasteiger partial charge in [0.1, 0.15) is 5.69 Å². The minimum Gasteiger partial charge on any atom is -0.481 e. The first-order valence-corrected chi connectivity index (χ1v) is 13.5. The number of anilines is 1. The molecule has 0 aliphatic rings. The standard InChI is InChI=1S/C25H31N7OS.C2H6/c1-6-19-10-8-11-20(7-2)23(19)32-24(21-12-9-13-22(27-21)33-5)28-29-25(32)30-34-16-18(4)31-15-17(3)14-26-31;1-2/h8-15,18H,6-7,16H2,1-5H3,(H,29,30);1-2H3. The summed E-state index contributed by atoms with van der Waals surface area (Å²) in [6, 6.07) is 12.4. The van der Waals surface area contributed by atoms with E-state index in [0.29, 0.717) is 23.3 Å². The summed E-state index contributed by atoms with van der Waals surface area (Å²) in [5.41, 5.74) is 5.44. The first-order chi connectivity index (χ1) is 17.5. The molecule has 0 aliphatic carbocycles. The molecule has 36 heavy (non-hydrogen) atoms. The first kappa shape index (κ1) is 27.3. The summed E-state index contributed by atoms with van der Waals surface area (Å²) in [7, 11) is 1.62. The predicted octanol–water partition coefficient (Wildman–Crippen LogP) is 6.32. The summed E-state index contributed by atoms with van der Waals surface area (Å²) in [5, 5.41) is 13.5. The highest BCUT2D eigenvalue weighted by atomic mass is 32.2. The molecular weight excluding hydrogens is 470 g/mol. The molecule has 0 saturated heterocycles. The van der Waals surface area contributed by atoms with E-state index in [2.05, 4.69) is 81.7 Å². The van der Waals surface area contributed by atoms with Gasteiger partial charge in [0.05, 0.1) is 25.0 Å². The number of nitrogens with one attached hydrogen (secondary N) is 1. The lowest BCUT2D eigenvalue weighted by Gasteiger charge is -2.18. The molecule has 1 unspecified atom stereocenters. The zero-order valence-corrected chi connectivity index (χ0v) is 23.1. The quantitative estimate of drug-likeness (QED) is 0.252. The zero-order valence-electron chi connectivity index (χ0n) is 22.3. The first-order valence-electron chi connectivity index (χ1n) is 12.5. The normalized spacial score (nSPS) is 11.5. The molecule has 9 heteroatoms. The van der Waals surface area contributed by atoms with Gasteiger partial charge in [-0.25, -0.2) is 4.98 Å². The second kappa shape index (κ2) is 13.1. The minimum atomic E-state index is 0.233. The number of pyridine rings is 1. The van der Waals surface area contributed by atoms with Crippen molar-refractivity contribution in [1.29, 1.82) is 0 Å². The Labute approximate surface area is 218 Å². The molecule has 192 valence electrons. The maximum atomic E-state index is 5.36. The number of benzene rings is 1. The summed E-state index contributed by atoms with van der Waals surface area (Å²) in [6.07, 6.45) is 5.74. The van der Waals surface area contributed by atoms with Crippen molar-refractivity contribution in [3.05, 3.63) is 65.5 Å². The van der Waals surface area contributed by atoms with Crippen molar-refractivity contribution < 1.29 is 4.74 Å². The lowest BCUT2D eigenvalue weighted by molar-refractivity contribution is 0.398. The molecule has 0 bridgehead atoms. The largest absolute Gasteiger partial charge is 0.481 e. The van der Waals surface area contributed by atoms with Crippen molar-refractivity contribution in [2.24, 2.45) is 0 Å². The van der Waals surface area contributed by atoms with E-state index in [1.54, 1.807) is 19.1 Å². The molecule has 8 nitrogen and oxygen atoms in total. The highest BCUT2D eigenvalue weighted by Gasteiger charge is 2.21. The minimum absolute atomic E-state index is 0.233. The summed E-state index contributed by atoms with van der Waals surface area (Å²) in [4.78, 5) is 4.63. The Balaban J connectivity index is 0.00000176. The van der Waals surface area contributed by atoms with Gasteiger partial charge in [-0.1, -0.05) is 52.0 Å². The summed E-state index contributed by atoms with van der Waals surface area (Å²) in [5.74, 6) is 2.70. The van der Waals surface area contributed by atoms with E-state index in [1.807, 2.05) is 42.9 Å². The van der Waals surface area contributed by atoms with Gasteiger partial charge >= 0.3 is 0 Å². The Morgan fingerprint density at radius 2 is 1.72 bits per heavy atom. The average molecular weight is 508 g/mol. The average Bonchev–Trinajstić information content (AvgIpc) is 3.55. The van der Waals surface area contributed by atoms with Crippen LogP contribution in [0.5, 0.6) is 5.88 Å². The van der Waals surface area contributed by atoms with Crippen LogP contribution in [0, 0.1) is 6.92 Å². The maximum Gasteiger partial charge on any atom is 0.239 e. The van der Waals surface area contributed by atoms with Crippen LogP contribution in [0.25, 0.3) is 17.2 Å². The Morgan fingerprint density at radius 3 is 2.33 bits per heavy atom. The molecule has 0 fully saturated rings. The van der Waals surface area contributed by atoms with E-state index in [9.17, 15) is 0 Å². The fraction of sp³-hybridized carbons (Fsp3) is 0.407. The van der Waals surface area contributed by atoms with Crippen molar-refractivity contribution in [3.8, 4) is 23.1 Å². The van der Waals surface area contributed by atoms with Gasteiger partial charge in [-0.2, -0.15) is 5.10 Å². The van der Waals surface area contributed by atoms with Crippen molar-refractivity contribution in [2.75, 3.05) is 17.6 Å². The van der Waals surface area contributed by atoms with Crippen LogP contribution < -0.4 is 9.46 Å². The number of nitrogens with zero attached hydrogens (tertiary/aromatic N) is 6. The van der Waals surface area contributed by atoms with Gasteiger partial charge in [-0.3, -0.25) is 14.0 Å². The SMILES string of the molecule is CC.CCc1cccc(CC)c1-n1c(NSCC(C)n2cc(C)cn2)nnc1-c1cccc(OC)n1. The smallest absolute Gasteiger partial charge is 0.239 e. The summed E-state index contributed by atoms with van der Waals surface area (Å²) in [6.45, 7) is 12.5. The van der Waals surface area contributed by atoms with Crippen LogP contribution in [0.3, 0.4) is 0 Å². The number of aryl methyl sites for hydroxylation is 3. The Hall–Kier alpha value is -3.33. The molecule has 0 aliphatic heterocycles. The van der Waals surface area contributed by atoms with E-state index in [0.717, 1.165) is 29.8 Å². The van der Waals surface area contributed by atoms with Gasteiger partial charge in [0.2, 0.25) is 11.8 Å². The number of hydrogen-bond donors (Lipinski definition) is 1. The highest BCUT2D eigenvalue weighted by molar-refractivity contribution is 8.00. The van der Waals surface area contributed by atoms with E-state index < -0.39 is 0 Å². The van der Waals surface area contributed by atoms with Crippen LogP contribution in [-0.2, 0) is 12.8 Å². The second-order valence-corrected chi connectivity index (χ2v) is 8.97. The Kier molecular flexibility index (Phi) is 9.93. The number of ether oxygens (including phenoxy) is 1. The molecule has 4 aromatic rings. The van der Waals surface area contributed by atoms with Crippen LogP contribution in [-0.4, -0.2) is 42.4 Å². The van der Waals surface area contributed by atoms with Crippen LogP contribution in [0.2, 0.25) is 0 Å². The molecule has 1 N–H and O–H groups in total. The number of rotatable bonds is 10.